The second-order valence-corrected chi connectivity index (χ2v) is 7.63. The van der Waals surface area contributed by atoms with Gasteiger partial charge in [-0.05, 0) is 30.3 Å². The molecule has 0 radical (unpaired) electrons. The number of rotatable bonds is 5. The SMILES string of the molecule is COc1ccc(N2CCNCC2)cc1Nc1ncc(Cl)c(-c2cnn3ccccc23)n1. The van der Waals surface area contributed by atoms with Gasteiger partial charge in [0, 0.05) is 43.6 Å². The number of hydrogen-bond acceptors (Lipinski definition) is 7. The second kappa shape index (κ2) is 8.41. The Morgan fingerprint density at radius 2 is 2.00 bits per heavy atom. The number of ether oxygens (including phenoxy) is 1. The summed E-state index contributed by atoms with van der Waals surface area (Å²) in [5.74, 6) is 1.15. The number of piperazine rings is 1. The van der Waals surface area contributed by atoms with E-state index in [0.717, 1.165) is 54.4 Å². The van der Waals surface area contributed by atoms with Crippen LogP contribution in [0.1, 0.15) is 0 Å². The van der Waals surface area contributed by atoms with E-state index in [1.807, 2.05) is 30.5 Å². The molecule has 0 saturated carbocycles. The van der Waals surface area contributed by atoms with E-state index in [2.05, 4.69) is 37.7 Å². The number of aromatic nitrogens is 4. The lowest BCUT2D eigenvalue weighted by Crippen LogP contribution is -2.43. The van der Waals surface area contributed by atoms with Gasteiger partial charge in [-0.25, -0.2) is 14.5 Å². The molecular formula is C22H22ClN7O. The summed E-state index contributed by atoms with van der Waals surface area (Å²) in [5, 5.41) is 11.5. The van der Waals surface area contributed by atoms with Crippen LogP contribution in [0.5, 0.6) is 5.75 Å². The minimum atomic E-state index is 0.436. The number of benzene rings is 1. The average Bonchev–Trinajstić information content (AvgIpc) is 3.25. The molecule has 1 aliphatic heterocycles. The number of pyridine rings is 1. The molecule has 0 aliphatic carbocycles. The van der Waals surface area contributed by atoms with Gasteiger partial charge in [0.15, 0.2) is 0 Å². The highest BCUT2D eigenvalue weighted by Gasteiger charge is 2.16. The van der Waals surface area contributed by atoms with Crippen LogP contribution in [0.2, 0.25) is 5.02 Å². The molecule has 1 fully saturated rings. The van der Waals surface area contributed by atoms with Crippen molar-refractivity contribution < 1.29 is 4.74 Å². The molecule has 158 valence electrons. The number of methoxy groups -OCH3 is 1. The van der Waals surface area contributed by atoms with Crippen LogP contribution in [0, 0.1) is 0 Å². The smallest absolute Gasteiger partial charge is 0.227 e. The van der Waals surface area contributed by atoms with E-state index in [9.17, 15) is 0 Å². The summed E-state index contributed by atoms with van der Waals surface area (Å²) in [6.07, 6.45) is 5.25. The molecular weight excluding hydrogens is 414 g/mol. The molecule has 1 saturated heterocycles. The summed E-state index contributed by atoms with van der Waals surface area (Å²) >= 11 is 6.45. The van der Waals surface area contributed by atoms with E-state index >= 15 is 0 Å². The van der Waals surface area contributed by atoms with Crippen molar-refractivity contribution in [1.82, 2.24) is 24.9 Å². The zero-order valence-electron chi connectivity index (χ0n) is 17.0. The molecule has 1 aliphatic rings. The number of fused-ring (bicyclic) bond motifs is 1. The third kappa shape index (κ3) is 3.87. The van der Waals surface area contributed by atoms with Crippen molar-refractivity contribution in [2.24, 2.45) is 0 Å². The van der Waals surface area contributed by atoms with Crippen molar-refractivity contribution in [2.45, 2.75) is 0 Å². The third-order valence-electron chi connectivity index (χ3n) is 5.34. The monoisotopic (exact) mass is 435 g/mol. The van der Waals surface area contributed by atoms with E-state index in [4.69, 9.17) is 21.3 Å². The lowest BCUT2D eigenvalue weighted by Gasteiger charge is -2.30. The highest BCUT2D eigenvalue weighted by molar-refractivity contribution is 6.33. The molecule has 3 aromatic heterocycles. The maximum absolute atomic E-state index is 6.45. The molecule has 4 aromatic rings. The quantitative estimate of drug-likeness (QED) is 0.495. The molecule has 1 aromatic carbocycles. The van der Waals surface area contributed by atoms with Crippen LogP contribution < -0.4 is 20.3 Å². The minimum Gasteiger partial charge on any atom is -0.495 e. The van der Waals surface area contributed by atoms with E-state index in [0.29, 0.717) is 16.7 Å². The molecule has 0 bridgehead atoms. The predicted molar refractivity (Wildman–Crippen MR) is 123 cm³/mol. The number of nitrogens with one attached hydrogen (secondary N) is 2. The Kier molecular flexibility index (Phi) is 5.31. The summed E-state index contributed by atoms with van der Waals surface area (Å²) in [5.41, 5.74) is 4.32. The van der Waals surface area contributed by atoms with E-state index < -0.39 is 0 Å². The molecule has 0 amide bonds. The van der Waals surface area contributed by atoms with Crippen LogP contribution in [-0.4, -0.2) is 52.9 Å². The van der Waals surface area contributed by atoms with Gasteiger partial charge in [0.2, 0.25) is 5.95 Å². The van der Waals surface area contributed by atoms with Gasteiger partial charge < -0.3 is 20.3 Å². The zero-order valence-corrected chi connectivity index (χ0v) is 17.8. The maximum Gasteiger partial charge on any atom is 0.227 e. The predicted octanol–water partition coefficient (Wildman–Crippen LogP) is 3.61. The molecule has 2 N–H and O–H groups in total. The molecule has 8 nitrogen and oxygen atoms in total. The summed E-state index contributed by atoms with van der Waals surface area (Å²) in [6.45, 7) is 3.86. The van der Waals surface area contributed by atoms with E-state index in [1.54, 1.807) is 24.0 Å². The van der Waals surface area contributed by atoms with Gasteiger partial charge in [-0.2, -0.15) is 5.10 Å². The first-order valence-electron chi connectivity index (χ1n) is 10.1. The van der Waals surface area contributed by atoms with E-state index in [1.165, 1.54) is 0 Å². The van der Waals surface area contributed by atoms with Crippen LogP contribution in [0.4, 0.5) is 17.3 Å². The van der Waals surface area contributed by atoms with Crippen molar-refractivity contribution >= 4 is 34.4 Å². The Morgan fingerprint density at radius 3 is 2.84 bits per heavy atom. The van der Waals surface area contributed by atoms with Gasteiger partial charge in [-0.3, -0.25) is 0 Å². The number of hydrogen-bond donors (Lipinski definition) is 2. The average molecular weight is 436 g/mol. The first-order chi connectivity index (χ1) is 15.2. The normalized spacial score (nSPS) is 14.1. The molecule has 0 atom stereocenters. The van der Waals surface area contributed by atoms with Gasteiger partial charge >= 0.3 is 0 Å². The van der Waals surface area contributed by atoms with Crippen LogP contribution in [0.25, 0.3) is 16.8 Å². The van der Waals surface area contributed by atoms with Crippen LogP contribution in [-0.2, 0) is 0 Å². The third-order valence-corrected chi connectivity index (χ3v) is 5.61. The van der Waals surface area contributed by atoms with Crippen LogP contribution >= 0.6 is 11.6 Å². The van der Waals surface area contributed by atoms with Crippen molar-refractivity contribution in [1.29, 1.82) is 0 Å². The zero-order chi connectivity index (χ0) is 21.2. The fraction of sp³-hybridized carbons (Fsp3) is 0.227. The Labute approximate surface area is 184 Å². The van der Waals surface area contributed by atoms with Crippen molar-refractivity contribution in [3.63, 3.8) is 0 Å². The Balaban J connectivity index is 1.50. The molecule has 0 unspecified atom stereocenters. The van der Waals surface area contributed by atoms with Gasteiger partial charge in [0.25, 0.3) is 0 Å². The summed E-state index contributed by atoms with van der Waals surface area (Å²) in [7, 11) is 1.65. The Morgan fingerprint density at radius 1 is 1.13 bits per heavy atom. The van der Waals surface area contributed by atoms with Crippen molar-refractivity contribution in [3.05, 3.63) is 60.0 Å². The molecule has 31 heavy (non-hydrogen) atoms. The van der Waals surface area contributed by atoms with Gasteiger partial charge in [-0.1, -0.05) is 17.7 Å². The largest absolute Gasteiger partial charge is 0.495 e. The fourth-order valence-corrected chi connectivity index (χ4v) is 3.96. The number of halogens is 1. The number of anilines is 3. The highest BCUT2D eigenvalue weighted by atomic mass is 35.5. The van der Waals surface area contributed by atoms with Gasteiger partial charge in [0.1, 0.15) is 5.75 Å². The second-order valence-electron chi connectivity index (χ2n) is 7.23. The summed E-state index contributed by atoms with van der Waals surface area (Å²) < 4.78 is 7.35. The molecule has 5 rings (SSSR count). The summed E-state index contributed by atoms with van der Waals surface area (Å²) in [6, 6.07) is 12.0. The van der Waals surface area contributed by atoms with Gasteiger partial charge in [0.05, 0.1) is 41.4 Å². The summed E-state index contributed by atoms with van der Waals surface area (Å²) in [4.78, 5) is 11.4. The van der Waals surface area contributed by atoms with E-state index in [-0.39, 0.29) is 0 Å². The lowest BCUT2D eigenvalue weighted by molar-refractivity contribution is 0.416. The van der Waals surface area contributed by atoms with Crippen LogP contribution in [0.15, 0.2) is 55.0 Å². The molecule has 0 spiro atoms. The highest BCUT2D eigenvalue weighted by Crippen LogP contribution is 2.34. The molecule has 9 heteroatoms. The van der Waals surface area contributed by atoms with Gasteiger partial charge in [-0.15, -0.1) is 0 Å². The fourth-order valence-electron chi connectivity index (χ4n) is 3.77. The minimum absolute atomic E-state index is 0.436. The van der Waals surface area contributed by atoms with Crippen molar-refractivity contribution in [2.75, 3.05) is 43.5 Å². The lowest BCUT2D eigenvalue weighted by atomic mass is 10.2. The number of nitrogens with zero attached hydrogens (tertiary/aromatic N) is 5. The Bertz CT molecular complexity index is 1220. The first kappa shape index (κ1) is 19.6. The van der Waals surface area contributed by atoms with Crippen LogP contribution in [0.3, 0.4) is 0 Å². The topological polar surface area (TPSA) is 79.6 Å². The standard InChI is InChI=1S/C22H22ClN7O/c1-31-20-6-5-15(29-10-7-24-8-11-29)12-18(20)27-22-25-14-17(23)21(28-22)16-13-26-30-9-3-2-4-19(16)30/h2-6,9,12-14,24H,7-8,10-11H2,1H3,(H,25,27,28). The molecule has 4 heterocycles. The first-order valence-corrected chi connectivity index (χ1v) is 10.5. The maximum atomic E-state index is 6.45. The van der Waals surface area contributed by atoms with Crippen molar-refractivity contribution in [3.8, 4) is 17.0 Å². The Hall–Kier alpha value is -3.36.